The van der Waals surface area contributed by atoms with Gasteiger partial charge in [-0.25, -0.2) is 0 Å². The lowest BCUT2D eigenvalue weighted by atomic mass is 10.0. The molecule has 0 radical (unpaired) electrons. The third-order valence-electron chi connectivity index (χ3n) is 6.96. The Morgan fingerprint density at radius 1 is 1.09 bits per heavy atom. The molecule has 0 bridgehead atoms. The van der Waals surface area contributed by atoms with Crippen molar-refractivity contribution in [1.29, 1.82) is 0 Å². The van der Waals surface area contributed by atoms with E-state index in [2.05, 4.69) is 39.0 Å². The number of benzene rings is 1. The second-order valence-corrected chi connectivity index (χ2v) is 10.8. The summed E-state index contributed by atoms with van der Waals surface area (Å²) in [5.74, 6) is 1.46. The van der Waals surface area contributed by atoms with Gasteiger partial charge >= 0.3 is 6.18 Å². The lowest BCUT2D eigenvalue weighted by Gasteiger charge is -2.35. The Labute approximate surface area is 247 Å². The number of imidazole rings is 1. The molecule has 43 heavy (non-hydrogen) atoms. The summed E-state index contributed by atoms with van der Waals surface area (Å²) in [7, 11) is 1.60. The zero-order valence-corrected chi connectivity index (χ0v) is 24.2. The molecule has 1 aromatic carbocycles. The van der Waals surface area contributed by atoms with E-state index >= 15 is 0 Å². The van der Waals surface area contributed by atoms with Gasteiger partial charge in [0.05, 0.1) is 31.4 Å². The van der Waals surface area contributed by atoms with E-state index in [9.17, 15) is 18.0 Å². The van der Waals surface area contributed by atoms with Gasteiger partial charge in [-0.05, 0) is 41.9 Å². The van der Waals surface area contributed by atoms with Gasteiger partial charge in [0.1, 0.15) is 17.9 Å². The minimum absolute atomic E-state index is 0.255. The van der Waals surface area contributed by atoms with Crippen LogP contribution in [0.1, 0.15) is 25.8 Å². The van der Waals surface area contributed by atoms with E-state index in [0.29, 0.717) is 60.9 Å². The average Bonchev–Trinajstić information content (AvgIpc) is 3.38. The van der Waals surface area contributed by atoms with E-state index < -0.39 is 18.5 Å². The fourth-order valence-electron chi connectivity index (χ4n) is 4.89. The van der Waals surface area contributed by atoms with Crippen LogP contribution >= 0.6 is 0 Å². The minimum Gasteiger partial charge on any atom is -0.494 e. The third kappa shape index (κ3) is 7.53. The lowest BCUT2D eigenvalue weighted by molar-refractivity contribution is -0.162. The van der Waals surface area contributed by atoms with Crippen LogP contribution in [0, 0.1) is 5.92 Å². The zero-order valence-electron chi connectivity index (χ0n) is 24.2. The Hall–Kier alpha value is -4.39. The summed E-state index contributed by atoms with van der Waals surface area (Å²) >= 11 is 0. The number of ether oxygens (including phenoxy) is 2. The second kappa shape index (κ2) is 12.9. The van der Waals surface area contributed by atoms with Crippen molar-refractivity contribution in [3.63, 3.8) is 0 Å². The number of nitrogens with one attached hydrogen (secondary N) is 1. The molecule has 1 aliphatic heterocycles. The molecule has 0 spiro atoms. The van der Waals surface area contributed by atoms with Crippen molar-refractivity contribution in [2.75, 3.05) is 39.9 Å². The average molecular weight is 597 g/mol. The predicted octanol–water partition coefficient (Wildman–Crippen LogP) is 6.00. The van der Waals surface area contributed by atoms with Crippen LogP contribution in [-0.4, -0.2) is 81.7 Å². The molecular formula is C30H33F3N7O3-. The summed E-state index contributed by atoms with van der Waals surface area (Å²) in [5, 5.41) is 4.63. The largest absolute Gasteiger partial charge is 0.494 e. The molecular weight excluding hydrogens is 563 g/mol. The molecule has 13 heteroatoms. The number of hydrogen-bond acceptors (Lipinski definition) is 7. The number of aromatic amines is 1. The van der Waals surface area contributed by atoms with Crippen LogP contribution in [-0.2, 0) is 11.3 Å². The van der Waals surface area contributed by atoms with Crippen LogP contribution < -0.4 is 9.47 Å². The van der Waals surface area contributed by atoms with Crippen molar-refractivity contribution >= 4 is 28.7 Å². The Morgan fingerprint density at radius 3 is 2.60 bits per heavy atom. The molecule has 0 unspecified atom stereocenters. The number of aromatic nitrogens is 4. The maximum Gasteiger partial charge on any atom is 0.397 e. The van der Waals surface area contributed by atoms with Crippen molar-refractivity contribution in [1.82, 2.24) is 29.7 Å². The van der Waals surface area contributed by atoms with Gasteiger partial charge in [0, 0.05) is 61.4 Å². The molecule has 5 rings (SSSR count). The zero-order chi connectivity index (χ0) is 30.6. The maximum atomic E-state index is 12.6. The van der Waals surface area contributed by atoms with Gasteiger partial charge in [0.15, 0.2) is 0 Å². The Bertz CT molecular complexity index is 1570. The maximum absolute atomic E-state index is 12.6. The molecule has 0 atom stereocenters. The number of alkyl halides is 3. The highest BCUT2D eigenvalue weighted by Gasteiger charge is 2.34. The van der Waals surface area contributed by atoms with Crippen LogP contribution in [0.15, 0.2) is 48.9 Å². The number of rotatable bonds is 10. The van der Waals surface area contributed by atoms with Gasteiger partial charge in [0.25, 0.3) is 0 Å². The fraction of sp³-hybridized carbons (Fsp3) is 0.400. The first-order valence-electron chi connectivity index (χ1n) is 14.0. The van der Waals surface area contributed by atoms with Crippen LogP contribution in [0.4, 0.5) is 24.9 Å². The van der Waals surface area contributed by atoms with Gasteiger partial charge in [-0.1, -0.05) is 19.9 Å². The number of hydrogen-bond donors (Lipinski definition) is 1. The lowest BCUT2D eigenvalue weighted by Crippen LogP contribution is -2.49. The highest BCUT2D eigenvalue weighted by Crippen LogP contribution is 2.41. The number of nitrogens with zero attached hydrogens (tertiary/aromatic N) is 6. The summed E-state index contributed by atoms with van der Waals surface area (Å²) in [5.41, 5.74) is 3.98. The normalized spacial score (nSPS) is 14.3. The van der Waals surface area contributed by atoms with E-state index in [-0.39, 0.29) is 13.1 Å². The quantitative estimate of drug-likeness (QED) is 0.239. The summed E-state index contributed by atoms with van der Waals surface area (Å²) in [6.07, 6.45) is -0.905. The number of carbonyl (C=O) groups excluding carboxylic acids is 1. The Kier molecular flexibility index (Phi) is 9.00. The number of fused-ring (bicyclic) bond motifs is 1. The highest BCUT2D eigenvalue weighted by molar-refractivity contribution is 5.93. The van der Waals surface area contributed by atoms with Crippen LogP contribution in [0.25, 0.3) is 27.5 Å². The van der Waals surface area contributed by atoms with Crippen molar-refractivity contribution < 1.29 is 27.4 Å². The molecule has 4 aromatic rings. The molecule has 1 aliphatic rings. The highest BCUT2D eigenvalue weighted by atomic mass is 19.4. The molecule has 1 amide bonds. The van der Waals surface area contributed by atoms with Gasteiger partial charge in [0.2, 0.25) is 5.91 Å². The van der Waals surface area contributed by atoms with Crippen LogP contribution in [0.2, 0.25) is 0 Å². The topological polar surface area (TPSA) is 111 Å². The van der Waals surface area contributed by atoms with E-state index in [4.69, 9.17) is 14.5 Å². The van der Waals surface area contributed by atoms with E-state index in [1.165, 1.54) is 4.90 Å². The van der Waals surface area contributed by atoms with Gasteiger partial charge in [-0.2, -0.15) is 13.2 Å². The van der Waals surface area contributed by atoms with Gasteiger partial charge in [-0.3, -0.25) is 14.7 Å². The Morgan fingerprint density at radius 2 is 1.88 bits per heavy atom. The number of halogens is 3. The first kappa shape index (κ1) is 30.1. The minimum atomic E-state index is -4.50. The van der Waals surface area contributed by atoms with Crippen LogP contribution in [0.3, 0.4) is 0 Å². The summed E-state index contributed by atoms with van der Waals surface area (Å²) in [6.45, 7) is 6.66. The number of methoxy groups -OCH3 is 1. The monoisotopic (exact) mass is 596 g/mol. The predicted molar refractivity (Wildman–Crippen MR) is 156 cm³/mol. The number of carbonyl (C=O) groups is 1. The Balaban J connectivity index is 1.31. The van der Waals surface area contributed by atoms with Crippen molar-refractivity contribution in [3.8, 4) is 22.6 Å². The molecule has 1 N–H and O–H groups in total. The summed E-state index contributed by atoms with van der Waals surface area (Å²) in [6, 6.07) is 9.45. The molecule has 1 saturated heterocycles. The first-order chi connectivity index (χ1) is 20.6. The molecule has 228 valence electrons. The number of H-pyrrole nitrogens is 1. The molecule has 3 aromatic heterocycles. The standard InChI is InChI=1S/C30H33F3N7O3/c1-19(2)18-43-28-22(21-7-8-34-16-24(21)42-3)4-5-23-27(28)38-29(36-23)37-25-14-20(6-9-35-25)17-39-10-12-40(13-11-39)26(41)15-30(31,32)33/h4-9,14,16,19H,10-13,15,17-18H2,1-3H3,(H-,34,35,36,37,38)/q-1. The van der Waals surface area contributed by atoms with Crippen molar-refractivity contribution in [2.24, 2.45) is 5.92 Å². The SMILES string of the molecule is COc1cnccc1-c1ccc2[nH]c([N-]c3cc(CN4CCN(C(=O)CC(F)(F)F)CC4)ccn3)nc2c1OCC(C)C. The van der Waals surface area contributed by atoms with E-state index in [1.807, 2.05) is 30.3 Å². The van der Waals surface area contributed by atoms with Gasteiger partial charge < -0.3 is 34.6 Å². The van der Waals surface area contributed by atoms with Gasteiger partial charge in [-0.15, -0.1) is 0 Å². The van der Waals surface area contributed by atoms with E-state index in [0.717, 1.165) is 22.2 Å². The third-order valence-corrected chi connectivity index (χ3v) is 6.96. The van der Waals surface area contributed by atoms with Crippen molar-refractivity contribution in [3.05, 3.63) is 59.8 Å². The van der Waals surface area contributed by atoms with Crippen molar-refractivity contribution in [2.45, 2.75) is 33.0 Å². The number of amides is 1. The molecule has 1 fully saturated rings. The molecule has 4 heterocycles. The summed E-state index contributed by atoms with van der Waals surface area (Å²) < 4.78 is 49.6. The number of piperazine rings is 1. The van der Waals surface area contributed by atoms with E-state index in [1.54, 1.807) is 25.7 Å². The number of pyridine rings is 2. The molecule has 0 aliphatic carbocycles. The molecule has 0 saturated carbocycles. The fourth-order valence-corrected chi connectivity index (χ4v) is 4.89. The van der Waals surface area contributed by atoms with Crippen LogP contribution in [0.5, 0.6) is 11.5 Å². The molecule has 10 nitrogen and oxygen atoms in total. The summed E-state index contributed by atoms with van der Waals surface area (Å²) in [4.78, 5) is 31.8. The first-order valence-corrected chi connectivity index (χ1v) is 14.0. The second-order valence-electron chi connectivity index (χ2n) is 10.8. The smallest absolute Gasteiger partial charge is 0.397 e.